The summed E-state index contributed by atoms with van der Waals surface area (Å²) in [5.41, 5.74) is 2.53. The Balaban J connectivity index is 2.81. The van der Waals surface area contributed by atoms with Crippen molar-refractivity contribution in [3.05, 3.63) is 42.4 Å². The lowest BCUT2D eigenvalue weighted by molar-refractivity contribution is 0.572. The lowest BCUT2D eigenvalue weighted by atomic mass is 10.0. The smallest absolute Gasteiger partial charge is 0.0984 e. The van der Waals surface area contributed by atoms with E-state index in [4.69, 9.17) is 4.42 Å². The maximum Gasteiger partial charge on any atom is 0.0984 e. The highest BCUT2D eigenvalue weighted by Crippen LogP contribution is 2.24. The second-order valence-corrected chi connectivity index (χ2v) is 3.07. The van der Waals surface area contributed by atoms with Gasteiger partial charge in [-0.15, -0.1) is 0 Å². The van der Waals surface area contributed by atoms with Crippen LogP contribution >= 0.6 is 0 Å². The van der Waals surface area contributed by atoms with E-state index in [1.165, 1.54) is 21.9 Å². The molecule has 0 bridgehead atoms. The molecule has 2 rings (SSSR count). The molecule has 1 heteroatoms. The van der Waals surface area contributed by atoms with Gasteiger partial charge in [-0.2, -0.15) is 0 Å². The fourth-order valence-corrected chi connectivity index (χ4v) is 1.70. The molecule has 1 aromatic carbocycles. The molecular weight excluding hydrogens is 160 g/mol. The van der Waals surface area contributed by atoms with Crippen molar-refractivity contribution in [2.75, 3.05) is 0 Å². The molecule has 0 aliphatic heterocycles. The molecule has 1 heterocycles. The van der Waals surface area contributed by atoms with E-state index in [2.05, 4.69) is 25.6 Å². The van der Waals surface area contributed by atoms with Gasteiger partial charge in [0.2, 0.25) is 0 Å². The van der Waals surface area contributed by atoms with Crippen LogP contribution in [0.4, 0.5) is 0 Å². The van der Waals surface area contributed by atoms with Gasteiger partial charge >= 0.3 is 0 Å². The van der Waals surface area contributed by atoms with E-state index in [0.29, 0.717) is 0 Å². The van der Waals surface area contributed by atoms with Crippen molar-refractivity contribution in [3.8, 4) is 0 Å². The van der Waals surface area contributed by atoms with Gasteiger partial charge in [0, 0.05) is 10.8 Å². The maximum absolute atomic E-state index is 5.17. The van der Waals surface area contributed by atoms with Gasteiger partial charge in [-0.1, -0.05) is 31.7 Å². The molecule has 0 aliphatic carbocycles. The van der Waals surface area contributed by atoms with Gasteiger partial charge in [-0.05, 0) is 17.5 Å². The van der Waals surface area contributed by atoms with Gasteiger partial charge in [-0.25, -0.2) is 0 Å². The van der Waals surface area contributed by atoms with Crippen molar-refractivity contribution in [1.82, 2.24) is 0 Å². The van der Waals surface area contributed by atoms with Gasteiger partial charge in [0.25, 0.3) is 0 Å². The van der Waals surface area contributed by atoms with Crippen molar-refractivity contribution >= 4 is 16.8 Å². The quantitative estimate of drug-likeness (QED) is 0.674. The van der Waals surface area contributed by atoms with Gasteiger partial charge < -0.3 is 4.42 Å². The van der Waals surface area contributed by atoms with Gasteiger partial charge in [0.15, 0.2) is 0 Å². The Morgan fingerprint density at radius 3 is 2.92 bits per heavy atom. The molecule has 0 amide bonds. The Hall–Kier alpha value is -1.50. The van der Waals surface area contributed by atoms with E-state index in [9.17, 15) is 0 Å². The van der Waals surface area contributed by atoms with Crippen LogP contribution in [0.1, 0.15) is 18.1 Å². The first-order valence-electron chi connectivity index (χ1n) is 4.47. The summed E-state index contributed by atoms with van der Waals surface area (Å²) in [6.07, 6.45) is 6.49. The highest BCUT2D eigenvalue weighted by atomic mass is 16.3. The van der Waals surface area contributed by atoms with E-state index < -0.39 is 0 Å². The minimum atomic E-state index is 1.01. The molecule has 0 aliphatic rings. The summed E-state index contributed by atoms with van der Waals surface area (Å²) in [4.78, 5) is 0. The molecule has 0 unspecified atom stereocenters. The molecule has 0 saturated carbocycles. The van der Waals surface area contributed by atoms with Crippen molar-refractivity contribution in [3.63, 3.8) is 0 Å². The molecule has 13 heavy (non-hydrogen) atoms. The zero-order valence-corrected chi connectivity index (χ0v) is 7.71. The van der Waals surface area contributed by atoms with Crippen molar-refractivity contribution in [1.29, 1.82) is 0 Å². The first-order valence-corrected chi connectivity index (χ1v) is 4.47. The lowest BCUT2D eigenvalue weighted by Crippen LogP contribution is -1.86. The van der Waals surface area contributed by atoms with E-state index in [-0.39, 0.29) is 0 Å². The Bertz CT molecular complexity index is 437. The Labute approximate surface area is 77.7 Å². The second-order valence-electron chi connectivity index (χ2n) is 3.07. The third-order valence-electron chi connectivity index (χ3n) is 2.38. The highest BCUT2D eigenvalue weighted by molar-refractivity contribution is 5.87. The molecule has 1 aromatic heterocycles. The van der Waals surface area contributed by atoms with E-state index >= 15 is 0 Å². The fourth-order valence-electron chi connectivity index (χ4n) is 1.70. The molecule has 0 N–H and O–H groups in total. The van der Waals surface area contributed by atoms with Crippen LogP contribution in [0.5, 0.6) is 0 Å². The predicted octanol–water partition coefficient (Wildman–Crippen LogP) is 3.64. The fraction of sp³-hybridized carbons (Fsp3) is 0.167. The Kier molecular flexibility index (Phi) is 1.93. The van der Waals surface area contributed by atoms with Gasteiger partial charge in [0.05, 0.1) is 12.5 Å². The summed E-state index contributed by atoms with van der Waals surface area (Å²) in [6, 6.07) is 4.15. The van der Waals surface area contributed by atoms with Crippen LogP contribution in [-0.4, -0.2) is 0 Å². The molecule has 66 valence electrons. The lowest BCUT2D eigenvalue weighted by Gasteiger charge is -2.03. The SMILES string of the molecule is C=Cc1ccc2cocc2c1CC. The van der Waals surface area contributed by atoms with E-state index in [0.717, 1.165) is 6.42 Å². The summed E-state index contributed by atoms with van der Waals surface area (Å²) >= 11 is 0. The molecule has 0 atom stereocenters. The number of benzene rings is 1. The molecular formula is C12H12O. The van der Waals surface area contributed by atoms with Crippen LogP contribution in [0, 0.1) is 0 Å². The standard InChI is InChI=1S/C12H12O/c1-3-9-5-6-10-7-13-8-12(10)11(9)4-2/h3,5-8H,1,4H2,2H3. The molecule has 2 aromatic rings. The van der Waals surface area contributed by atoms with Crippen molar-refractivity contribution < 1.29 is 4.42 Å². The number of furan rings is 1. The average molecular weight is 172 g/mol. The summed E-state index contributed by atoms with van der Waals surface area (Å²) in [5.74, 6) is 0. The Morgan fingerprint density at radius 2 is 2.23 bits per heavy atom. The van der Waals surface area contributed by atoms with Crippen LogP contribution in [0.15, 0.2) is 35.7 Å². The summed E-state index contributed by atoms with van der Waals surface area (Å²) in [7, 11) is 0. The van der Waals surface area contributed by atoms with Crippen molar-refractivity contribution in [2.45, 2.75) is 13.3 Å². The third kappa shape index (κ3) is 1.17. The minimum Gasteiger partial charge on any atom is -0.471 e. The van der Waals surface area contributed by atoms with Crippen LogP contribution in [0.25, 0.3) is 16.8 Å². The summed E-state index contributed by atoms with van der Waals surface area (Å²) in [6.45, 7) is 5.95. The van der Waals surface area contributed by atoms with E-state index in [1.54, 1.807) is 12.5 Å². The highest BCUT2D eigenvalue weighted by Gasteiger charge is 2.04. The largest absolute Gasteiger partial charge is 0.471 e. The topological polar surface area (TPSA) is 13.1 Å². The van der Waals surface area contributed by atoms with Crippen LogP contribution in [-0.2, 0) is 6.42 Å². The minimum absolute atomic E-state index is 1.01. The van der Waals surface area contributed by atoms with Crippen LogP contribution in [0.2, 0.25) is 0 Å². The van der Waals surface area contributed by atoms with Gasteiger partial charge in [-0.3, -0.25) is 0 Å². The first-order chi connectivity index (χ1) is 6.36. The number of fused-ring (bicyclic) bond motifs is 1. The number of hydrogen-bond acceptors (Lipinski definition) is 1. The molecule has 0 fully saturated rings. The maximum atomic E-state index is 5.17. The predicted molar refractivity (Wildman–Crippen MR) is 55.7 cm³/mol. The van der Waals surface area contributed by atoms with Gasteiger partial charge in [0.1, 0.15) is 0 Å². The summed E-state index contributed by atoms with van der Waals surface area (Å²) < 4.78 is 5.17. The normalized spacial score (nSPS) is 10.5. The molecule has 0 spiro atoms. The van der Waals surface area contributed by atoms with Crippen LogP contribution < -0.4 is 0 Å². The van der Waals surface area contributed by atoms with E-state index in [1.807, 2.05) is 6.08 Å². The van der Waals surface area contributed by atoms with Crippen molar-refractivity contribution in [2.24, 2.45) is 0 Å². The second kappa shape index (κ2) is 3.09. The van der Waals surface area contributed by atoms with Crippen LogP contribution in [0.3, 0.4) is 0 Å². The third-order valence-corrected chi connectivity index (χ3v) is 2.38. The summed E-state index contributed by atoms with van der Waals surface area (Å²) in [5, 5.41) is 2.38. The monoisotopic (exact) mass is 172 g/mol. The number of hydrogen-bond donors (Lipinski definition) is 0. The molecule has 0 saturated heterocycles. The molecule has 0 radical (unpaired) electrons. The average Bonchev–Trinajstić information content (AvgIpc) is 2.63. The number of rotatable bonds is 2. The Morgan fingerprint density at radius 1 is 1.38 bits per heavy atom. The number of aryl methyl sites for hydroxylation is 1. The first kappa shape index (κ1) is 8.11. The zero-order valence-electron chi connectivity index (χ0n) is 7.71. The zero-order chi connectivity index (χ0) is 9.26. The molecule has 1 nitrogen and oxygen atoms in total.